The van der Waals surface area contributed by atoms with E-state index in [0.29, 0.717) is 5.90 Å². The van der Waals surface area contributed by atoms with E-state index in [2.05, 4.69) is 21.9 Å². The summed E-state index contributed by atoms with van der Waals surface area (Å²) in [6, 6.07) is 12.3. The second-order valence-corrected chi connectivity index (χ2v) is 6.33. The number of carbonyl (C=O) groups excluding carboxylic acids is 1. The van der Waals surface area contributed by atoms with E-state index in [9.17, 15) is 13.6 Å². The number of halogens is 2. The quantitative estimate of drug-likeness (QED) is 0.363. The van der Waals surface area contributed by atoms with E-state index >= 15 is 0 Å². The Balaban J connectivity index is 1.86. The van der Waals surface area contributed by atoms with Crippen molar-refractivity contribution in [3.8, 4) is 11.1 Å². The zero-order chi connectivity index (χ0) is 21.7. The van der Waals surface area contributed by atoms with Gasteiger partial charge in [0.25, 0.3) is 5.91 Å². The summed E-state index contributed by atoms with van der Waals surface area (Å²) in [6.45, 7) is 5.49. The number of ether oxygens (including phenoxy) is 1. The van der Waals surface area contributed by atoms with Crippen LogP contribution in [0.3, 0.4) is 0 Å². The van der Waals surface area contributed by atoms with Crippen molar-refractivity contribution in [2.75, 3.05) is 12.4 Å². The first-order valence-electron chi connectivity index (χ1n) is 9.01. The lowest BCUT2D eigenvalue weighted by Crippen LogP contribution is -2.16. The SMILES string of the molecule is C=COC(=NC)c1ccc(C)c(-c2ccc(NC(=O)c3c(F)cccc3F)nc2)c1. The van der Waals surface area contributed by atoms with Crippen LogP contribution in [0.2, 0.25) is 0 Å². The molecular formula is C23H19F2N3O2. The minimum atomic E-state index is -0.938. The third-order valence-electron chi connectivity index (χ3n) is 4.39. The second kappa shape index (κ2) is 9.09. The molecule has 0 fully saturated rings. The number of amides is 1. The third-order valence-corrected chi connectivity index (χ3v) is 4.39. The molecule has 0 aliphatic rings. The van der Waals surface area contributed by atoms with E-state index in [0.717, 1.165) is 34.4 Å². The Labute approximate surface area is 172 Å². The van der Waals surface area contributed by atoms with Crippen molar-refractivity contribution in [3.05, 3.63) is 95.9 Å². The number of carbonyl (C=O) groups is 1. The predicted octanol–water partition coefficient (Wildman–Crippen LogP) is 5.12. The van der Waals surface area contributed by atoms with Crippen molar-refractivity contribution in [2.45, 2.75) is 6.92 Å². The summed E-state index contributed by atoms with van der Waals surface area (Å²) in [4.78, 5) is 20.5. The highest BCUT2D eigenvalue weighted by Gasteiger charge is 2.17. The molecule has 0 saturated heterocycles. The molecule has 7 heteroatoms. The molecule has 3 aromatic rings. The van der Waals surface area contributed by atoms with Crippen LogP contribution in [0.5, 0.6) is 0 Å². The fourth-order valence-electron chi connectivity index (χ4n) is 2.92. The summed E-state index contributed by atoms with van der Waals surface area (Å²) in [5.74, 6) is -2.19. The van der Waals surface area contributed by atoms with Crippen molar-refractivity contribution in [1.29, 1.82) is 0 Å². The number of hydrogen-bond donors (Lipinski definition) is 1. The normalized spacial score (nSPS) is 11.1. The summed E-state index contributed by atoms with van der Waals surface area (Å²) in [5.41, 5.74) is 2.80. The third kappa shape index (κ3) is 4.41. The lowest BCUT2D eigenvalue weighted by molar-refractivity contribution is 0.101. The molecule has 0 unspecified atom stereocenters. The van der Waals surface area contributed by atoms with Gasteiger partial charge in [0.05, 0.1) is 6.26 Å². The highest BCUT2D eigenvalue weighted by atomic mass is 19.1. The number of pyridine rings is 1. The summed E-state index contributed by atoms with van der Waals surface area (Å²) < 4.78 is 32.9. The van der Waals surface area contributed by atoms with E-state index in [1.807, 2.05) is 25.1 Å². The van der Waals surface area contributed by atoms with Gasteiger partial charge in [-0.25, -0.2) is 13.8 Å². The number of aryl methyl sites for hydroxylation is 1. The monoisotopic (exact) mass is 407 g/mol. The first kappa shape index (κ1) is 20.9. The van der Waals surface area contributed by atoms with Crippen LogP contribution in [-0.4, -0.2) is 23.8 Å². The highest BCUT2D eigenvalue weighted by Crippen LogP contribution is 2.26. The number of benzene rings is 2. The zero-order valence-corrected chi connectivity index (χ0v) is 16.4. The average Bonchev–Trinajstić information content (AvgIpc) is 2.73. The van der Waals surface area contributed by atoms with Gasteiger partial charge in [0.2, 0.25) is 5.90 Å². The minimum Gasteiger partial charge on any atom is -0.447 e. The fourth-order valence-corrected chi connectivity index (χ4v) is 2.92. The number of aromatic nitrogens is 1. The maximum absolute atomic E-state index is 13.8. The van der Waals surface area contributed by atoms with Crippen LogP contribution < -0.4 is 5.32 Å². The molecule has 2 aromatic carbocycles. The molecule has 0 aliphatic carbocycles. The van der Waals surface area contributed by atoms with Gasteiger partial charge in [0.1, 0.15) is 23.0 Å². The summed E-state index contributed by atoms with van der Waals surface area (Å²) in [7, 11) is 1.62. The summed E-state index contributed by atoms with van der Waals surface area (Å²) in [6.07, 6.45) is 2.87. The average molecular weight is 407 g/mol. The number of aliphatic imine (C=N–C) groups is 1. The van der Waals surface area contributed by atoms with Crippen LogP contribution in [0, 0.1) is 18.6 Å². The highest BCUT2D eigenvalue weighted by molar-refractivity contribution is 6.04. The first-order valence-corrected chi connectivity index (χ1v) is 9.01. The summed E-state index contributed by atoms with van der Waals surface area (Å²) >= 11 is 0. The molecule has 5 nitrogen and oxygen atoms in total. The molecule has 1 heterocycles. The Morgan fingerprint density at radius 3 is 2.50 bits per heavy atom. The molecule has 1 aromatic heterocycles. The number of hydrogen-bond acceptors (Lipinski definition) is 4. The molecule has 152 valence electrons. The van der Waals surface area contributed by atoms with Crippen molar-refractivity contribution in [2.24, 2.45) is 4.99 Å². The molecule has 0 atom stereocenters. The van der Waals surface area contributed by atoms with Crippen molar-refractivity contribution in [3.63, 3.8) is 0 Å². The zero-order valence-electron chi connectivity index (χ0n) is 16.4. The van der Waals surface area contributed by atoms with Gasteiger partial charge in [0, 0.05) is 24.4 Å². The van der Waals surface area contributed by atoms with Crippen LogP contribution in [0.25, 0.3) is 11.1 Å². The van der Waals surface area contributed by atoms with Crippen molar-refractivity contribution in [1.82, 2.24) is 4.98 Å². The molecule has 1 N–H and O–H groups in total. The Morgan fingerprint density at radius 1 is 1.17 bits per heavy atom. The minimum absolute atomic E-state index is 0.172. The van der Waals surface area contributed by atoms with E-state index in [1.165, 1.54) is 12.3 Å². The Bertz CT molecular complexity index is 1110. The maximum Gasteiger partial charge on any atom is 0.262 e. The molecule has 0 aliphatic heterocycles. The van der Waals surface area contributed by atoms with Gasteiger partial charge < -0.3 is 10.1 Å². The topological polar surface area (TPSA) is 63.6 Å². The lowest BCUT2D eigenvalue weighted by atomic mass is 9.99. The van der Waals surface area contributed by atoms with Crippen LogP contribution in [0.1, 0.15) is 21.5 Å². The first-order chi connectivity index (χ1) is 14.4. The van der Waals surface area contributed by atoms with Gasteiger partial charge >= 0.3 is 0 Å². The van der Waals surface area contributed by atoms with Gasteiger partial charge in [-0.2, -0.15) is 0 Å². The molecule has 3 rings (SSSR count). The Kier molecular flexibility index (Phi) is 6.32. The Morgan fingerprint density at radius 2 is 1.90 bits per heavy atom. The molecule has 0 radical (unpaired) electrons. The van der Waals surface area contributed by atoms with Gasteiger partial charge in [-0.1, -0.05) is 18.7 Å². The van der Waals surface area contributed by atoms with Crippen LogP contribution >= 0.6 is 0 Å². The molecule has 0 bridgehead atoms. The van der Waals surface area contributed by atoms with Crippen LogP contribution in [0.15, 0.2) is 72.6 Å². The number of nitrogens with zero attached hydrogens (tertiary/aromatic N) is 2. The number of anilines is 1. The van der Waals surface area contributed by atoms with E-state index in [1.54, 1.807) is 25.4 Å². The number of rotatable bonds is 5. The fraction of sp³-hybridized carbons (Fsp3) is 0.0870. The van der Waals surface area contributed by atoms with Gasteiger partial charge in [-0.05, 0) is 54.4 Å². The van der Waals surface area contributed by atoms with Gasteiger partial charge in [-0.3, -0.25) is 9.79 Å². The summed E-state index contributed by atoms with van der Waals surface area (Å²) in [5, 5.41) is 2.41. The molecule has 0 saturated carbocycles. The molecule has 0 spiro atoms. The predicted molar refractivity (Wildman–Crippen MR) is 112 cm³/mol. The maximum atomic E-state index is 13.8. The van der Waals surface area contributed by atoms with Crippen molar-refractivity contribution < 1.29 is 18.3 Å². The van der Waals surface area contributed by atoms with E-state index < -0.39 is 23.1 Å². The van der Waals surface area contributed by atoms with Crippen LogP contribution in [-0.2, 0) is 4.74 Å². The van der Waals surface area contributed by atoms with Gasteiger partial charge in [0.15, 0.2) is 0 Å². The molecular weight excluding hydrogens is 388 g/mol. The van der Waals surface area contributed by atoms with E-state index in [4.69, 9.17) is 4.74 Å². The lowest BCUT2D eigenvalue weighted by Gasteiger charge is -2.11. The van der Waals surface area contributed by atoms with Crippen molar-refractivity contribution >= 4 is 17.6 Å². The smallest absolute Gasteiger partial charge is 0.262 e. The largest absolute Gasteiger partial charge is 0.447 e. The molecule has 30 heavy (non-hydrogen) atoms. The van der Waals surface area contributed by atoms with Gasteiger partial charge in [-0.15, -0.1) is 0 Å². The number of nitrogens with one attached hydrogen (secondary N) is 1. The standard InChI is InChI=1S/C23H19F2N3O2/c1-4-30-23(26-3)15-9-8-14(2)17(12-15)16-10-11-20(27-13-16)28-22(29)21-18(24)6-5-7-19(21)25/h4-13H,1H2,2-3H3,(H,27,28,29). The van der Waals surface area contributed by atoms with E-state index in [-0.39, 0.29) is 5.82 Å². The Hall–Kier alpha value is -3.87. The van der Waals surface area contributed by atoms with Crippen LogP contribution in [0.4, 0.5) is 14.6 Å². The second-order valence-electron chi connectivity index (χ2n) is 6.33. The molecule has 1 amide bonds.